The maximum Gasteiger partial charge on any atom is 0.268 e. The number of carbonyl (C=O) groups excluding carboxylic acids is 1. The average Bonchev–Trinajstić information content (AvgIpc) is 2.85. The van der Waals surface area contributed by atoms with Gasteiger partial charge in [-0.25, -0.2) is 5.43 Å². The highest BCUT2D eigenvalue weighted by molar-refractivity contribution is 7.16. The Morgan fingerprint density at radius 2 is 2.18 bits per heavy atom. The molecule has 1 aromatic heterocycles. The second kappa shape index (κ2) is 8.07. The highest BCUT2D eigenvalue weighted by Gasteiger charge is 2.12. The maximum atomic E-state index is 11.9. The van der Waals surface area contributed by atoms with E-state index in [0.29, 0.717) is 19.8 Å². The Balaban J connectivity index is 1.97. The standard InChI is InChI=1S/C15H21N3O3S/c1-4-20-9-10-21-11(2)14(19)16-17-15-18(3)12-7-5-6-8-13(12)22-15/h5-8,11H,4,9-10H2,1-3H3,(H,16,19). The number of nitrogens with zero attached hydrogens (tertiary/aromatic N) is 2. The molecule has 0 bridgehead atoms. The molecule has 1 unspecified atom stereocenters. The Morgan fingerprint density at radius 3 is 2.91 bits per heavy atom. The molecule has 0 saturated heterocycles. The topological polar surface area (TPSA) is 64.8 Å². The zero-order valence-corrected chi connectivity index (χ0v) is 13.9. The van der Waals surface area contributed by atoms with E-state index in [1.165, 1.54) is 11.3 Å². The van der Waals surface area contributed by atoms with Crippen LogP contribution < -0.4 is 10.2 Å². The van der Waals surface area contributed by atoms with Crippen molar-refractivity contribution in [3.63, 3.8) is 0 Å². The third-order valence-corrected chi connectivity index (χ3v) is 4.26. The number of rotatable bonds is 7. The highest BCUT2D eigenvalue weighted by atomic mass is 32.1. The molecule has 6 nitrogen and oxygen atoms in total. The van der Waals surface area contributed by atoms with Crippen LogP contribution >= 0.6 is 11.3 Å². The van der Waals surface area contributed by atoms with E-state index >= 15 is 0 Å². The number of aryl methyl sites for hydroxylation is 1. The van der Waals surface area contributed by atoms with Crippen molar-refractivity contribution in [1.29, 1.82) is 0 Å². The Kier molecular flexibility index (Phi) is 6.11. The summed E-state index contributed by atoms with van der Waals surface area (Å²) in [7, 11) is 1.92. The van der Waals surface area contributed by atoms with Crippen LogP contribution in [0, 0.1) is 0 Å². The molecule has 1 aromatic carbocycles. The number of benzene rings is 1. The minimum absolute atomic E-state index is 0.269. The van der Waals surface area contributed by atoms with Crippen LogP contribution in [0.3, 0.4) is 0 Å². The van der Waals surface area contributed by atoms with Crippen molar-refractivity contribution in [2.45, 2.75) is 20.0 Å². The third-order valence-electron chi connectivity index (χ3n) is 3.15. The molecule has 1 amide bonds. The summed E-state index contributed by atoms with van der Waals surface area (Å²) in [5.74, 6) is -0.269. The second-order valence-electron chi connectivity index (χ2n) is 4.71. The van der Waals surface area contributed by atoms with Crippen LogP contribution in [0.4, 0.5) is 0 Å². The summed E-state index contributed by atoms with van der Waals surface area (Å²) in [6.45, 7) is 5.12. The molecule has 2 aromatic rings. The minimum atomic E-state index is -0.566. The largest absolute Gasteiger partial charge is 0.379 e. The lowest BCUT2D eigenvalue weighted by molar-refractivity contribution is -0.132. The zero-order chi connectivity index (χ0) is 15.9. The van der Waals surface area contributed by atoms with Gasteiger partial charge in [0.25, 0.3) is 5.91 Å². The van der Waals surface area contributed by atoms with Gasteiger partial charge < -0.3 is 14.0 Å². The number of para-hydroxylation sites is 1. The molecule has 1 N–H and O–H groups in total. The van der Waals surface area contributed by atoms with Crippen molar-refractivity contribution < 1.29 is 14.3 Å². The smallest absolute Gasteiger partial charge is 0.268 e. The highest BCUT2D eigenvalue weighted by Crippen LogP contribution is 2.14. The first-order valence-electron chi connectivity index (χ1n) is 7.21. The van der Waals surface area contributed by atoms with Gasteiger partial charge >= 0.3 is 0 Å². The van der Waals surface area contributed by atoms with E-state index in [1.54, 1.807) is 6.92 Å². The first-order valence-corrected chi connectivity index (χ1v) is 8.02. The van der Waals surface area contributed by atoms with Gasteiger partial charge in [0.2, 0.25) is 4.80 Å². The summed E-state index contributed by atoms with van der Waals surface area (Å²) in [4.78, 5) is 12.7. The van der Waals surface area contributed by atoms with Gasteiger partial charge in [0.15, 0.2) is 0 Å². The summed E-state index contributed by atoms with van der Waals surface area (Å²) in [5.41, 5.74) is 3.64. The van der Waals surface area contributed by atoms with Crippen LogP contribution in [0.5, 0.6) is 0 Å². The van der Waals surface area contributed by atoms with E-state index in [1.807, 2.05) is 42.8 Å². The molecule has 0 radical (unpaired) electrons. The second-order valence-corrected chi connectivity index (χ2v) is 5.72. The number of ether oxygens (including phenoxy) is 2. The van der Waals surface area contributed by atoms with E-state index in [0.717, 1.165) is 15.0 Å². The lowest BCUT2D eigenvalue weighted by Gasteiger charge is -2.10. The van der Waals surface area contributed by atoms with Gasteiger partial charge in [0, 0.05) is 13.7 Å². The fourth-order valence-electron chi connectivity index (χ4n) is 1.89. The molecule has 0 spiro atoms. The third kappa shape index (κ3) is 4.16. The predicted octanol–water partition coefficient (Wildman–Crippen LogP) is 1.61. The normalized spacial score (nSPS) is 13.5. The summed E-state index contributed by atoms with van der Waals surface area (Å²) in [5, 5.41) is 4.18. The molecule has 0 aliphatic carbocycles. The van der Waals surface area contributed by atoms with E-state index in [4.69, 9.17) is 9.47 Å². The first kappa shape index (κ1) is 16.7. The molecule has 22 heavy (non-hydrogen) atoms. The van der Waals surface area contributed by atoms with E-state index < -0.39 is 6.10 Å². The molecular weight excluding hydrogens is 302 g/mol. The zero-order valence-electron chi connectivity index (χ0n) is 13.0. The van der Waals surface area contributed by atoms with Gasteiger partial charge in [-0.2, -0.15) is 0 Å². The molecule has 1 atom stereocenters. The molecule has 0 fully saturated rings. The van der Waals surface area contributed by atoms with Gasteiger partial charge in [0.1, 0.15) is 6.10 Å². The van der Waals surface area contributed by atoms with E-state index in [-0.39, 0.29) is 5.91 Å². The number of nitrogens with one attached hydrogen (secondary N) is 1. The van der Waals surface area contributed by atoms with Crippen molar-refractivity contribution >= 4 is 27.5 Å². The summed E-state index contributed by atoms with van der Waals surface area (Å²) >= 11 is 1.52. The van der Waals surface area contributed by atoms with Gasteiger partial charge in [0.05, 0.1) is 23.4 Å². The number of amides is 1. The van der Waals surface area contributed by atoms with Crippen LogP contribution in [0.15, 0.2) is 29.4 Å². The molecular formula is C15H21N3O3S. The maximum absolute atomic E-state index is 11.9. The summed E-state index contributed by atoms with van der Waals surface area (Å²) < 4.78 is 13.6. The number of fused-ring (bicyclic) bond motifs is 1. The molecule has 0 saturated carbocycles. The van der Waals surface area contributed by atoms with Crippen LogP contribution in [-0.4, -0.2) is 36.4 Å². The Bertz CT molecular complexity index is 693. The van der Waals surface area contributed by atoms with Gasteiger partial charge in [-0.1, -0.05) is 23.5 Å². The van der Waals surface area contributed by atoms with E-state index in [2.05, 4.69) is 10.5 Å². The SMILES string of the molecule is CCOCCOC(C)C(=O)NN=c1sc2ccccc2n1C. The van der Waals surface area contributed by atoms with Crippen LogP contribution in [0.2, 0.25) is 0 Å². The lowest BCUT2D eigenvalue weighted by atomic mass is 10.3. The van der Waals surface area contributed by atoms with Crippen molar-refractivity contribution in [2.24, 2.45) is 12.1 Å². The fraction of sp³-hybridized carbons (Fsp3) is 0.467. The molecule has 0 aliphatic rings. The number of hydrogen-bond donors (Lipinski definition) is 1. The summed E-state index contributed by atoms with van der Waals surface area (Å²) in [6, 6.07) is 8.01. The molecule has 120 valence electrons. The van der Waals surface area contributed by atoms with Crippen LogP contribution in [0.25, 0.3) is 10.2 Å². The average molecular weight is 323 g/mol. The van der Waals surface area contributed by atoms with Gasteiger partial charge in [-0.3, -0.25) is 4.79 Å². The summed E-state index contributed by atoms with van der Waals surface area (Å²) in [6.07, 6.45) is -0.566. The van der Waals surface area contributed by atoms with Crippen LogP contribution in [0.1, 0.15) is 13.8 Å². The van der Waals surface area contributed by atoms with Crippen LogP contribution in [-0.2, 0) is 21.3 Å². The van der Waals surface area contributed by atoms with Crippen molar-refractivity contribution in [1.82, 2.24) is 9.99 Å². The quantitative estimate of drug-likeness (QED) is 0.622. The number of thiazole rings is 1. The van der Waals surface area contributed by atoms with Crippen molar-refractivity contribution in [2.75, 3.05) is 19.8 Å². The number of carbonyl (C=O) groups is 1. The Labute approximate surface area is 133 Å². The molecule has 2 rings (SSSR count). The number of hydrogen-bond acceptors (Lipinski definition) is 5. The fourth-order valence-corrected chi connectivity index (χ4v) is 2.87. The van der Waals surface area contributed by atoms with E-state index in [9.17, 15) is 4.79 Å². The lowest BCUT2D eigenvalue weighted by Crippen LogP contribution is -2.33. The monoisotopic (exact) mass is 323 g/mol. The van der Waals surface area contributed by atoms with Crippen molar-refractivity contribution in [3.8, 4) is 0 Å². The first-order chi connectivity index (χ1) is 10.6. The Hall–Kier alpha value is -1.70. The predicted molar refractivity (Wildman–Crippen MR) is 86.4 cm³/mol. The van der Waals surface area contributed by atoms with Gasteiger partial charge in [-0.05, 0) is 26.0 Å². The minimum Gasteiger partial charge on any atom is -0.379 e. The van der Waals surface area contributed by atoms with Crippen molar-refractivity contribution in [3.05, 3.63) is 29.1 Å². The molecule has 7 heteroatoms. The van der Waals surface area contributed by atoms with Gasteiger partial charge in [-0.15, -0.1) is 5.10 Å². The molecule has 1 heterocycles. The molecule has 0 aliphatic heterocycles. The Morgan fingerprint density at radius 1 is 1.41 bits per heavy atom. The number of aromatic nitrogens is 1.